The summed E-state index contributed by atoms with van der Waals surface area (Å²) >= 11 is 0. The molecular formula is C24H24FN9O. The van der Waals surface area contributed by atoms with Gasteiger partial charge in [0, 0.05) is 44.1 Å². The minimum atomic E-state index is -0.895. The van der Waals surface area contributed by atoms with Gasteiger partial charge in [0.05, 0.1) is 41.9 Å². The summed E-state index contributed by atoms with van der Waals surface area (Å²) in [7, 11) is 0. The van der Waals surface area contributed by atoms with Gasteiger partial charge in [0.25, 0.3) is 0 Å². The molecule has 0 saturated carbocycles. The Hall–Kier alpha value is -4.17. The minimum absolute atomic E-state index is 0.0303. The highest BCUT2D eigenvalue weighted by molar-refractivity contribution is 5.78. The molecular weight excluding hydrogens is 449 g/mol. The molecule has 0 bridgehead atoms. The maximum absolute atomic E-state index is 13.6. The van der Waals surface area contributed by atoms with Crippen molar-refractivity contribution < 1.29 is 9.18 Å². The Bertz CT molecular complexity index is 1260. The summed E-state index contributed by atoms with van der Waals surface area (Å²) in [5, 5.41) is 15.6. The van der Waals surface area contributed by atoms with Gasteiger partial charge in [-0.05, 0) is 30.7 Å². The van der Waals surface area contributed by atoms with Crippen LogP contribution >= 0.6 is 0 Å². The second-order valence-corrected chi connectivity index (χ2v) is 8.53. The number of carbonyl (C=O) groups is 1. The van der Waals surface area contributed by atoms with Crippen molar-refractivity contribution in [3.63, 3.8) is 0 Å². The van der Waals surface area contributed by atoms with Gasteiger partial charge in [-0.2, -0.15) is 5.26 Å². The number of hydrogen-bond donors (Lipinski definition) is 2. The van der Waals surface area contributed by atoms with Gasteiger partial charge in [-0.25, -0.2) is 19.3 Å². The van der Waals surface area contributed by atoms with Gasteiger partial charge in [0.2, 0.25) is 11.9 Å². The van der Waals surface area contributed by atoms with Crippen molar-refractivity contribution in [2.75, 3.05) is 42.9 Å². The van der Waals surface area contributed by atoms with Crippen LogP contribution in [0.25, 0.3) is 11.3 Å². The first-order chi connectivity index (χ1) is 17.1. The predicted octanol–water partition coefficient (Wildman–Crippen LogP) is 2.03. The molecule has 1 amide bonds. The van der Waals surface area contributed by atoms with E-state index in [0.29, 0.717) is 61.2 Å². The summed E-state index contributed by atoms with van der Waals surface area (Å²) in [6.07, 6.45) is 4.52. The third kappa shape index (κ3) is 5.33. The number of nitrogens with zero attached hydrogens (tertiary/aromatic N) is 7. The molecule has 0 aliphatic carbocycles. The number of hydrogen-bond acceptors (Lipinski definition) is 9. The molecule has 0 spiro atoms. The second kappa shape index (κ2) is 9.99. The van der Waals surface area contributed by atoms with Crippen LogP contribution in [0.3, 0.4) is 0 Å². The number of alkyl halides is 1. The van der Waals surface area contributed by atoms with Gasteiger partial charge in [0.15, 0.2) is 0 Å². The first-order valence-corrected chi connectivity index (χ1v) is 11.4. The van der Waals surface area contributed by atoms with Crippen molar-refractivity contribution in [2.24, 2.45) is 0 Å². The van der Waals surface area contributed by atoms with E-state index in [1.165, 1.54) is 0 Å². The van der Waals surface area contributed by atoms with Crippen LogP contribution in [-0.2, 0) is 11.3 Å². The summed E-state index contributed by atoms with van der Waals surface area (Å²) < 4.78 is 13.6. The molecule has 0 aromatic carbocycles. The van der Waals surface area contributed by atoms with E-state index in [-0.39, 0.29) is 12.5 Å². The van der Waals surface area contributed by atoms with Crippen LogP contribution in [0, 0.1) is 11.3 Å². The van der Waals surface area contributed by atoms with Crippen molar-refractivity contribution in [1.82, 2.24) is 30.2 Å². The summed E-state index contributed by atoms with van der Waals surface area (Å²) in [5.74, 6) is 0.912. The maximum Gasteiger partial charge on any atom is 0.234 e. The molecule has 11 heteroatoms. The lowest BCUT2D eigenvalue weighted by Gasteiger charge is -2.25. The third-order valence-corrected chi connectivity index (χ3v) is 5.95. The van der Waals surface area contributed by atoms with Gasteiger partial charge >= 0.3 is 0 Å². The molecule has 5 rings (SSSR count). The fraction of sp³-hybridized carbons (Fsp3) is 0.333. The Labute approximate surface area is 201 Å². The van der Waals surface area contributed by atoms with Crippen molar-refractivity contribution in [1.29, 1.82) is 5.26 Å². The van der Waals surface area contributed by atoms with Crippen LogP contribution in [0.4, 0.5) is 21.8 Å². The molecule has 35 heavy (non-hydrogen) atoms. The average molecular weight is 474 g/mol. The van der Waals surface area contributed by atoms with Gasteiger partial charge in [-0.15, -0.1) is 0 Å². The number of anilines is 3. The van der Waals surface area contributed by atoms with E-state index in [9.17, 15) is 14.4 Å². The van der Waals surface area contributed by atoms with Gasteiger partial charge in [-0.3, -0.25) is 14.7 Å². The Balaban J connectivity index is 1.28. The highest BCUT2D eigenvalue weighted by atomic mass is 19.1. The highest BCUT2D eigenvalue weighted by Gasteiger charge is 2.25. The van der Waals surface area contributed by atoms with E-state index < -0.39 is 6.17 Å². The summed E-state index contributed by atoms with van der Waals surface area (Å²) in [4.78, 5) is 33.1. The molecule has 1 unspecified atom stereocenters. The predicted molar refractivity (Wildman–Crippen MR) is 128 cm³/mol. The number of rotatable bonds is 6. The Morgan fingerprint density at radius 1 is 1.20 bits per heavy atom. The number of piperazine rings is 1. The lowest BCUT2D eigenvalue weighted by atomic mass is 10.1. The molecule has 3 aromatic rings. The standard InChI is InChI=1S/C24H24FN9O/c25-18-4-7-34(13-18)23-16(10-26)9-17(11-30-23)21-3-5-28-24(32-21)31-19-1-2-20(29-12-19)14-33-8-6-27-22(35)15-33/h1-3,5,9,11-12,18H,4,6-8,13-15H2,(H,27,35)(H,28,31,32). The zero-order chi connectivity index (χ0) is 24.2. The van der Waals surface area contributed by atoms with E-state index in [2.05, 4.69) is 41.5 Å². The number of amides is 1. The van der Waals surface area contributed by atoms with E-state index >= 15 is 0 Å². The Kier molecular flexibility index (Phi) is 6.45. The number of aromatic nitrogens is 4. The second-order valence-electron chi connectivity index (χ2n) is 8.53. The van der Waals surface area contributed by atoms with Crippen LogP contribution in [0.5, 0.6) is 0 Å². The van der Waals surface area contributed by atoms with Crippen molar-refractivity contribution in [2.45, 2.75) is 19.1 Å². The van der Waals surface area contributed by atoms with E-state index in [1.807, 2.05) is 12.1 Å². The molecule has 2 N–H and O–H groups in total. The average Bonchev–Trinajstić information content (AvgIpc) is 3.31. The first-order valence-electron chi connectivity index (χ1n) is 11.4. The van der Waals surface area contributed by atoms with E-state index in [4.69, 9.17) is 0 Å². The zero-order valence-corrected chi connectivity index (χ0v) is 19.0. The molecule has 2 fully saturated rings. The van der Waals surface area contributed by atoms with E-state index in [0.717, 1.165) is 17.9 Å². The molecule has 2 aliphatic rings. The fourth-order valence-corrected chi connectivity index (χ4v) is 4.20. The van der Waals surface area contributed by atoms with Crippen molar-refractivity contribution >= 4 is 23.4 Å². The normalized spacial score (nSPS) is 18.2. The molecule has 5 heterocycles. The third-order valence-electron chi connectivity index (χ3n) is 5.95. The Morgan fingerprint density at radius 3 is 2.86 bits per heavy atom. The topological polar surface area (TPSA) is 123 Å². The minimum Gasteiger partial charge on any atom is -0.354 e. The number of nitriles is 1. The highest BCUT2D eigenvalue weighted by Crippen LogP contribution is 2.27. The quantitative estimate of drug-likeness (QED) is 0.553. The van der Waals surface area contributed by atoms with Gasteiger partial charge in [0.1, 0.15) is 18.1 Å². The smallest absolute Gasteiger partial charge is 0.234 e. The summed E-state index contributed by atoms with van der Waals surface area (Å²) in [6, 6.07) is 9.42. The molecule has 1 atom stereocenters. The van der Waals surface area contributed by atoms with Gasteiger partial charge < -0.3 is 15.5 Å². The fourth-order valence-electron chi connectivity index (χ4n) is 4.20. The maximum atomic E-state index is 13.6. The first kappa shape index (κ1) is 22.6. The van der Waals surface area contributed by atoms with Crippen molar-refractivity contribution in [3.8, 4) is 17.3 Å². The Morgan fingerprint density at radius 2 is 2.11 bits per heavy atom. The number of halogens is 1. The molecule has 2 aliphatic heterocycles. The lowest BCUT2D eigenvalue weighted by Crippen LogP contribution is -2.47. The molecule has 3 aromatic heterocycles. The van der Waals surface area contributed by atoms with Crippen LogP contribution < -0.4 is 15.5 Å². The van der Waals surface area contributed by atoms with Crippen LogP contribution in [0.2, 0.25) is 0 Å². The molecule has 2 saturated heterocycles. The summed E-state index contributed by atoms with van der Waals surface area (Å²) in [6.45, 7) is 3.22. The molecule has 10 nitrogen and oxygen atoms in total. The van der Waals surface area contributed by atoms with Crippen LogP contribution in [-0.4, -0.2) is 69.6 Å². The van der Waals surface area contributed by atoms with Crippen molar-refractivity contribution in [3.05, 3.63) is 54.1 Å². The lowest BCUT2D eigenvalue weighted by molar-refractivity contribution is -0.124. The van der Waals surface area contributed by atoms with E-state index in [1.54, 1.807) is 35.6 Å². The zero-order valence-electron chi connectivity index (χ0n) is 19.0. The summed E-state index contributed by atoms with van der Waals surface area (Å²) in [5.41, 5.74) is 3.26. The largest absolute Gasteiger partial charge is 0.354 e. The molecule has 178 valence electrons. The van der Waals surface area contributed by atoms with Gasteiger partial charge in [-0.1, -0.05) is 0 Å². The van der Waals surface area contributed by atoms with Crippen LogP contribution in [0.1, 0.15) is 17.7 Å². The monoisotopic (exact) mass is 473 g/mol. The number of carbonyl (C=O) groups excluding carboxylic acids is 1. The number of nitrogens with one attached hydrogen (secondary N) is 2. The van der Waals surface area contributed by atoms with Crippen LogP contribution in [0.15, 0.2) is 42.9 Å². The SMILES string of the molecule is N#Cc1cc(-c2ccnc(Nc3ccc(CN4CCNC(=O)C4)nc3)n2)cnc1N1CCC(F)C1. The molecule has 0 radical (unpaired) electrons. The number of pyridine rings is 2.